The molecule has 1 unspecified atom stereocenters. The van der Waals surface area contributed by atoms with Gasteiger partial charge in [-0.25, -0.2) is 0 Å². The maximum atomic E-state index is 12.9. The molecule has 0 aliphatic carbocycles. The van der Waals surface area contributed by atoms with Gasteiger partial charge < -0.3 is 15.0 Å². The summed E-state index contributed by atoms with van der Waals surface area (Å²) in [7, 11) is 0. The monoisotopic (exact) mass is 288 g/mol. The second-order valence-corrected chi connectivity index (χ2v) is 5.85. The number of ether oxygens (including phenoxy) is 1. The number of para-hydroxylation sites is 1. The van der Waals surface area contributed by atoms with Gasteiger partial charge in [0, 0.05) is 26.2 Å². The Hall–Kier alpha value is -1.55. The molecular weight excluding hydrogens is 264 g/mol. The minimum absolute atomic E-state index is 0.124. The van der Waals surface area contributed by atoms with E-state index in [-0.39, 0.29) is 12.0 Å². The molecule has 1 saturated heterocycles. The number of benzene rings is 1. The van der Waals surface area contributed by atoms with Gasteiger partial charge in [-0.1, -0.05) is 12.1 Å². The first kappa shape index (κ1) is 14.4. The first-order valence-corrected chi connectivity index (χ1v) is 8.06. The number of hydrogen-bond donors (Lipinski definition) is 1. The van der Waals surface area contributed by atoms with Crippen LogP contribution >= 0.6 is 0 Å². The highest BCUT2D eigenvalue weighted by molar-refractivity contribution is 6.00. The van der Waals surface area contributed by atoms with Crippen LogP contribution in [0.3, 0.4) is 0 Å². The molecule has 4 nitrogen and oxygen atoms in total. The van der Waals surface area contributed by atoms with Crippen LogP contribution in [0.25, 0.3) is 0 Å². The lowest BCUT2D eigenvalue weighted by atomic mass is 9.98. The van der Waals surface area contributed by atoms with Crippen LogP contribution in [0.15, 0.2) is 18.2 Å². The molecule has 1 atom stereocenters. The van der Waals surface area contributed by atoms with Gasteiger partial charge in [-0.3, -0.25) is 4.79 Å². The molecule has 0 spiro atoms. The van der Waals surface area contributed by atoms with Gasteiger partial charge >= 0.3 is 0 Å². The van der Waals surface area contributed by atoms with E-state index in [1.165, 1.54) is 5.56 Å². The van der Waals surface area contributed by atoms with Gasteiger partial charge in [-0.15, -0.1) is 0 Å². The maximum absolute atomic E-state index is 12.9. The Kier molecular flexibility index (Phi) is 4.44. The quantitative estimate of drug-likeness (QED) is 0.926. The molecule has 114 valence electrons. The molecule has 2 heterocycles. The zero-order chi connectivity index (χ0) is 14.7. The van der Waals surface area contributed by atoms with Crippen LogP contribution < -0.4 is 5.32 Å². The van der Waals surface area contributed by atoms with Crippen LogP contribution in [0.2, 0.25) is 0 Å². The fourth-order valence-electron chi connectivity index (χ4n) is 3.25. The van der Waals surface area contributed by atoms with Gasteiger partial charge in [0.2, 0.25) is 0 Å². The topological polar surface area (TPSA) is 41.6 Å². The van der Waals surface area contributed by atoms with Crippen molar-refractivity contribution in [3.63, 3.8) is 0 Å². The van der Waals surface area contributed by atoms with Gasteiger partial charge in [0.25, 0.3) is 5.91 Å². The van der Waals surface area contributed by atoms with Gasteiger partial charge in [-0.05, 0) is 44.2 Å². The molecule has 1 aromatic rings. The standard InChI is InChI=1S/C17H24N2O2/c1-2-19(12-14-8-5-11-21-14)17(20)15-9-3-6-13-7-4-10-18-16(13)15/h3,6,9,14,18H,2,4-5,7-8,10-12H2,1H3. The van der Waals surface area contributed by atoms with Crippen molar-refractivity contribution in [1.82, 2.24) is 4.90 Å². The molecule has 1 amide bonds. The fraction of sp³-hybridized carbons (Fsp3) is 0.588. The van der Waals surface area contributed by atoms with E-state index < -0.39 is 0 Å². The average Bonchev–Trinajstić information content (AvgIpc) is 3.04. The van der Waals surface area contributed by atoms with Gasteiger partial charge in [0.05, 0.1) is 17.4 Å². The van der Waals surface area contributed by atoms with Crippen molar-refractivity contribution in [2.24, 2.45) is 0 Å². The molecule has 0 aromatic heterocycles. The van der Waals surface area contributed by atoms with E-state index in [1.807, 2.05) is 24.0 Å². The van der Waals surface area contributed by atoms with Crippen LogP contribution in [-0.4, -0.2) is 43.2 Å². The van der Waals surface area contributed by atoms with Crippen molar-refractivity contribution >= 4 is 11.6 Å². The number of nitrogens with one attached hydrogen (secondary N) is 1. The number of amides is 1. The number of rotatable bonds is 4. The molecule has 1 N–H and O–H groups in total. The highest BCUT2D eigenvalue weighted by Gasteiger charge is 2.25. The Morgan fingerprint density at radius 1 is 1.43 bits per heavy atom. The number of aryl methyl sites for hydroxylation is 1. The number of anilines is 1. The highest BCUT2D eigenvalue weighted by Crippen LogP contribution is 2.27. The fourth-order valence-corrected chi connectivity index (χ4v) is 3.25. The number of fused-ring (bicyclic) bond motifs is 1. The van der Waals surface area contributed by atoms with Crippen LogP contribution in [0, 0.1) is 0 Å². The summed E-state index contributed by atoms with van der Waals surface area (Å²) < 4.78 is 5.67. The molecular formula is C17H24N2O2. The second kappa shape index (κ2) is 6.48. The molecule has 21 heavy (non-hydrogen) atoms. The number of nitrogens with zero attached hydrogens (tertiary/aromatic N) is 1. The molecule has 0 radical (unpaired) electrons. The lowest BCUT2D eigenvalue weighted by molar-refractivity contribution is 0.0540. The molecule has 0 bridgehead atoms. The van der Waals surface area contributed by atoms with Crippen molar-refractivity contribution in [2.75, 3.05) is 31.6 Å². The van der Waals surface area contributed by atoms with E-state index >= 15 is 0 Å². The number of likely N-dealkylation sites (N-methyl/N-ethyl adjacent to an activating group) is 1. The Bertz CT molecular complexity index is 510. The van der Waals surface area contributed by atoms with E-state index in [9.17, 15) is 4.79 Å². The molecule has 2 aliphatic heterocycles. The first-order chi connectivity index (χ1) is 10.3. The summed E-state index contributed by atoms with van der Waals surface area (Å²) >= 11 is 0. The lowest BCUT2D eigenvalue weighted by Crippen LogP contribution is -2.37. The lowest BCUT2D eigenvalue weighted by Gasteiger charge is -2.27. The third-order valence-electron chi connectivity index (χ3n) is 4.42. The van der Waals surface area contributed by atoms with Gasteiger partial charge in [0.15, 0.2) is 0 Å². The van der Waals surface area contributed by atoms with Crippen LogP contribution in [0.4, 0.5) is 5.69 Å². The molecule has 1 aromatic carbocycles. The smallest absolute Gasteiger partial charge is 0.256 e. The van der Waals surface area contributed by atoms with E-state index in [0.717, 1.165) is 56.6 Å². The predicted molar refractivity (Wildman–Crippen MR) is 83.8 cm³/mol. The summed E-state index contributed by atoms with van der Waals surface area (Å²) in [5.41, 5.74) is 3.12. The number of carbonyl (C=O) groups is 1. The largest absolute Gasteiger partial charge is 0.384 e. The molecule has 1 fully saturated rings. The first-order valence-electron chi connectivity index (χ1n) is 8.06. The second-order valence-electron chi connectivity index (χ2n) is 5.85. The molecule has 0 saturated carbocycles. The SMILES string of the molecule is CCN(CC1CCCO1)C(=O)c1cccc2c1NCCC2. The summed E-state index contributed by atoms with van der Waals surface area (Å²) in [6.07, 6.45) is 4.58. The van der Waals surface area contributed by atoms with Crippen molar-refractivity contribution in [3.8, 4) is 0 Å². The van der Waals surface area contributed by atoms with E-state index in [1.54, 1.807) is 0 Å². The minimum Gasteiger partial charge on any atom is -0.384 e. The van der Waals surface area contributed by atoms with E-state index in [4.69, 9.17) is 4.74 Å². The summed E-state index contributed by atoms with van der Waals surface area (Å²) in [5.74, 6) is 0.124. The third kappa shape index (κ3) is 3.05. The Morgan fingerprint density at radius 3 is 3.10 bits per heavy atom. The number of carbonyl (C=O) groups excluding carboxylic acids is 1. The van der Waals surface area contributed by atoms with Crippen LogP contribution in [0.1, 0.15) is 42.1 Å². The van der Waals surface area contributed by atoms with Crippen molar-refractivity contribution in [3.05, 3.63) is 29.3 Å². The molecule has 4 heteroatoms. The molecule has 3 rings (SSSR count). The van der Waals surface area contributed by atoms with Crippen molar-refractivity contribution < 1.29 is 9.53 Å². The van der Waals surface area contributed by atoms with E-state index in [2.05, 4.69) is 11.4 Å². The Morgan fingerprint density at radius 2 is 2.33 bits per heavy atom. The molecule has 2 aliphatic rings. The normalized spacial score (nSPS) is 20.7. The zero-order valence-electron chi connectivity index (χ0n) is 12.7. The van der Waals surface area contributed by atoms with Crippen LogP contribution in [-0.2, 0) is 11.2 Å². The third-order valence-corrected chi connectivity index (χ3v) is 4.42. The van der Waals surface area contributed by atoms with Crippen molar-refractivity contribution in [2.45, 2.75) is 38.7 Å². The summed E-state index contributed by atoms with van der Waals surface area (Å²) in [6.45, 7) is 5.25. The maximum Gasteiger partial charge on any atom is 0.256 e. The number of hydrogen-bond acceptors (Lipinski definition) is 3. The summed E-state index contributed by atoms with van der Waals surface area (Å²) in [4.78, 5) is 14.8. The minimum atomic E-state index is 0.124. The Labute approximate surface area is 126 Å². The Balaban J connectivity index is 1.79. The summed E-state index contributed by atoms with van der Waals surface area (Å²) in [5, 5.41) is 3.41. The predicted octanol–water partition coefficient (Wildman–Crippen LogP) is 2.69. The average molecular weight is 288 g/mol. The van der Waals surface area contributed by atoms with Crippen LogP contribution in [0.5, 0.6) is 0 Å². The highest BCUT2D eigenvalue weighted by atomic mass is 16.5. The zero-order valence-corrected chi connectivity index (χ0v) is 12.7. The van der Waals surface area contributed by atoms with Gasteiger partial charge in [-0.2, -0.15) is 0 Å². The van der Waals surface area contributed by atoms with E-state index in [0.29, 0.717) is 6.54 Å². The van der Waals surface area contributed by atoms with Crippen molar-refractivity contribution in [1.29, 1.82) is 0 Å². The van der Waals surface area contributed by atoms with Gasteiger partial charge in [0.1, 0.15) is 0 Å². The summed E-state index contributed by atoms with van der Waals surface area (Å²) in [6, 6.07) is 6.06.